The molecule has 0 spiro atoms. The van der Waals surface area contributed by atoms with E-state index in [0.717, 1.165) is 6.54 Å². The van der Waals surface area contributed by atoms with Crippen molar-refractivity contribution in [3.05, 3.63) is 47.5 Å². The molecule has 0 fully saturated rings. The van der Waals surface area contributed by atoms with Crippen LogP contribution in [-0.4, -0.2) is 17.8 Å². The van der Waals surface area contributed by atoms with E-state index in [-0.39, 0.29) is 0 Å². The van der Waals surface area contributed by atoms with Gasteiger partial charge in [0, 0.05) is 13.0 Å². The first-order valence-electron chi connectivity index (χ1n) is 6.38. The molecule has 0 atom stereocenters. The van der Waals surface area contributed by atoms with Crippen LogP contribution in [0.15, 0.2) is 36.4 Å². The number of hydrogen-bond acceptors (Lipinski definition) is 2. The Balaban J connectivity index is 2.58. The number of aliphatic hydroxyl groups is 1. The molecule has 0 aliphatic rings. The molecule has 0 radical (unpaired) electrons. The third-order valence-corrected chi connectivity index (χ3v) is 3.07. The molecule has 0 aliphatic carbocycles. The van der Waals surface area contributed by atoms with Crippen LogP contribution >= 0.6 is 0 Å². The van der Waals surface area contributed by atoms with Crippen LogP contribution in [0.2, 0.25) is 0 Å². The van der Waals surface area contributed by atoms with Gasteiger partial charge in [0.2, 0.25) is 0 Å². The number of nitrogens with one attached hydrogen (secondary N) is 1. The third-order valence-electron chi connectivity index (χ3n) is 3.07. The monoisotopic (exact) mass is 243 g/mol. The molecule has 96 valence electrons. The molecular formula is C16H21NO. The molecular weight excluding hydrogens is 222 g/mol. The van der Waals surface area contributed by atoms with Crippen molar-refractivity contribution in [3.8, 4) is 0 Å². The van der Waals surface area contributed by atoms with Crippen LogP contribution in [0.3, 0.4) is 0 Å². The summed E-state index contributed by atoms with van der Waals surface area (Å²) in [6.45, 7) is 4.55. The SMILES string of the molecule is CNCc1cccc2cccc(CC(C)(C)O)c12. The van der Waals surface area contributed by atoms with E-state index in [2.05, 4.69) is 41.7 Å². The molecule has 0 bridgehead atoms. The van der Waals surface area contributed by atoms with E-state index in [1.807, 2.05) is 20.9 Å². The highest BCUT2D eigenvalue weighted by Gasteiger charge is 2.16. The summed E-state index contributed by atoms with van der Waals surface area (Å²) in [4.78, 5) is 0. The minimum Gasteiger partial charge on any atom is -0.390 e. The minimum absolute atomic E-state index is 0.672. The highest BCUT2D eigenvalue weighted by molar-refractivity contribution is 5.89. The normalized spacial score (nSPS) is 12.0. The van der Waals surface area contributed by atoms with E-state index in [0.29, 0.717) is 6.42 Å². The number of benzene rings is 2. The van der Waals surface area contributed by atoms with Crippen molar-refractivity contribution in [1.29, 1.82) is 0 Å². The smallest absolute Gasteiger partial charge is 0.0632 e. The van der Waals surface area contributed by atoms with E-state index in [1.54, 1.807) is 0 Å². The highest BCUT2D eigenvalue weighted by atomic mass is 16.3. The number of rotatable bonds is 4. The van der Waals surface area contributed by atoms with Crippen molar-refractivity contribution in [2.45, 2.75) is 32.4 Å². The Morgan fingerprint density at radius 3 is 2.22 bits per heavy atom. The van der Waals surface area contributed by atoms with Crippen LogP contribution in [0.1, 0.15) is 25.0 Å². The summed E-state index contributed by atoms with van der Waals surface area (Å²) in [6, 6.07) is 12.7. The van der Waals surface area contributed by atoms with Gasteiger partial charge in [0.25, 0.3) is 0 Å². The van der Waals surface area contributed by atoms with Gasteiger partial charge >= 0.3 is 0 Å². The molecule has 18 heavy (non-hydrogen) atoms. The van der Waals surface area contributed by atoms with Gasteiger partial charge in [0.15, 0.2) is 0 Å². The maximum absolute atomic E-state index is 10.0. The Labute approximate surface area is 109 Å². The van der Waals surface area contributed by atoms with Gasteiger partial charge < -0.3 is 10.4 Å². The van der Waals surface area contributed by atoms with E-state index in [1.165, 1.54) is 21.9 Å². The fraction of sp³-hybridized carbons (Fsp3) is 0.375. The Kier molecular flexibility index (Phi) is 3.69. The van der Waals surface area contributed by atoms with Crippen molar-refractivity contribution < 1.29 is 5.11 Å². The van der Waals surface area contributed by atoms with E-state index < -0.39 is 5.60 Å². The van der Waals surface area contributed by atoms with Crippen LogP contribution in [0.4, 0.5) is 0 Å². The lowest BCUT2D eigenvalue weighted by Crippen LogP contribution is -2.22. The molecule has 0 saturated heterocycles. The van der Waals surface area contributed by atoms with Gasteiger partial charge in [-0.2, -0.15) is 0 Å². The Bertz CT molecular complexity index is 535. The molecule has 2 nitrogen and oxygen atoms in total. The molecule has 0 aromatic heterocycles. The van der Waals surface area contributed by atoms with E-state index in [9.17, 15) is 5.11 Å². The van der Waals surface area contributed by atoms with Gasteiger partial charge in [0.05, 0.1) is 5.60 Å². The maximum Gasteiger partial charge on any atom is 0.0632 e. The van der Waals surface area contributed by atoms with E-state index in [4.69, 9.17) is 0 Å². The van der Waals surface area contributed by atoms with Crippen LogP contribution in [-0.2, 0) is 13.0 Å². The third kappa shape index (κ3) is 2.89. The molecule has 2 aromatic carbocycles. The van der Waals surface area contributed by atoms with Gasteiger partial charge in [-0.3, -0.25) is 0 Å². The lowest BCUT2D eigenvalue weighted by molar-refractivity contribution is 0.0813. The van der Waals surface area contributed by atoms with Gasteiger partial charge in [0.1, 0.15) is 0 Å². The fourth-order valence-electron chi connectivity index (χ4n) is 2.45. The van der Waals surface area contributed by atoms with Crippen molar-refractivity contribution in [3.63, 3.8) is 0 Å². The molecule has 0 aliphatic heterocycles. The molecule has 2 aromatic rings. The largest absolute Gasteiger partial charge is 0.390 e. The lowest BCUT2D eigenvalue weighted by atomic mass is 9.92. The zero-order valence-corrected chi connectivity index (χ0v) is 11.3. The second-order valence-electron chi connectivity index (χ2n) is 5.45. The maximum atomic E-state index is 10.0. The Morgan fingerprint density at radius 1 is 1.06 bits per heavy atom. The molecule has 0 unspecified atom stereocenters. The van der Waals surface area contributed by atoms with Crippen LogP contribution < -0.4 is 5.32 Å². The van der Waals surface area contributed by atoms with Gasteiger partial charge in [-0.05, 0) is 42.8 Å². The van der Waals surface area contributed by atoms with Crippen molar-refractivity contribution in [2.75, 3.05) is 7.05 Å². The molecule has 0 saturated carbocycles. The van der Waals surface area contributed by atoms with Crippen molar-refractivity contribution in [1.82, 2.24) is 5.32 Å². The molecule has 0 amide bonds. The fourth-order valence-corrected chi connectivity index (χ4v) is 2.45. The summed E-state index contributed by atoms with van der Waals surface area (Å²) in [5.41, 5.74) is 1.82. The first-order valence-corrected chi connectivity index (χ1v) is 6.38. The van der Waals surface area contributed by atoms with Crippen LogP contribution in [0.25, 0.3) is 10.8 Å². The quantitative estimate of drug-likeness (QED) is 0.865. The van der Waals surface area contributed by atoms with Crippen molar-refractivity contribution in [2.24, 2.45) is 0 Å². The zero-order valence-electron chi connectivity index (χ0n) is 11.3. The zero-order chi connectivity index (χ0) is 13.2. The standard InChI is InChI=1S/C16H21NO/c1-16(2,18)10-13-8-4-6-12-7-5-9-14(11-17-3)15(12)13/h4-9,17-18H,10-11H2,1-3H3. The molecule has 2 rings (SSSR count). The summed E-state index contributed by atoms with van der Waals surface area (Å²) in [7, 11) is 1.96. The number of hydrogen-bond donors (Lipinski definition) is 2. The van der Waals surface area contributed by atoms with Crippen LogP contribution in [0.5, 0.6) is 0 Å². The minimum atomic E-state index is -0.680. The predicted molar refractivity (Wildman–Crippen MR) is 76.7 cm³/mol. The first kappa shape index (κ1) is 13.1. The summed E-state index contributed by atoms with van der Waals surface area (Å²) < 4.78 is 0. The average molecular weight is 243 g/mol. The summed E-state index contributed by atoms with van der Waals surface area (Å²) >= 11 is 0. The van der Waals surface area contributed by atoms with Gasteiger partial charge in [-0.25, -0.2) is 0 Å². The van der Waals surface area contributed by atoms with Crippen molar-refractivity contribution >= 4 is 10.8 Å². The Hall–Kier alpha value is -1.38. The molecule has 2 N–H and O–H groups in total. The topological polar surface area (TPSA) is 32.3 Å². The average Bonchev–Trinajstić information content (AvgIpc) is 2.28. The predicted octanol–water partition coefficient (Wildman–Crippen LogP) is 2.87. The van der Waals surface area contributed by atoms with Gasteiger partial charge in [-0.15, -0.1) is 0 Å². The Morgan fingerprint density at radius 2 is 1.67 bits per heavy atom. The second kappa shape index (κ2) is 5.09. The first-order chi connectivity index (χ1) is 8.51. The highest BCUT2D eigenvalue weighted by Crippen LogP contribution is 2.26. The van der Waals surface area contributed by atoms with Gasteiger partial charge in [-0.1, -0.05) is 36.4 Å². The van der Waals surface area contributed by atoms with Crippen LogP contribution in [0, 0.1) is 0 Å². The van der Waals surface area contributed by atoms with E-state index >= 15 is 0 Å². The molecule has 2 heteroatoms. The number of fused-ring (bicyclic) bond motifs is 1. The summed E-state index contributed by atoms with van der Waals surface area (Å²) in [6.07, 6.45) is 0.672. The lowest BCUT2D eigenvalue weighted by Gasteiger charge is -2.19. The summed E-state index contributed by atoms with van der Waals surface area (Å²) in [5.74, 6) is 0. The molecule has 0 heterocycles. The summed E-state index contributed by atoms with van der Waals surface area (Å²) in [5, 5.41) is 15.8. The second-order valence-corrected chi connectivity index (χ2v) is 5.45.